The number of nitrogens with one attached hydrogen (secondary N) is 1. The first-order chi connectivity index (χ1) is 15.0. The third-order valence-electron chi connectivity index (χ3n) is 6.55. The Morgan fingerprint density at radius 2 is 1.61 bits per heavy atom. The predicted octanol–water partition coefficient (Wildman–Crippen LogP) is 4.37. The maximum Gasteiger partial charge on any atom is 0.243 e. The number of benzene rings is 3. The smallest absolute Gasteiger partial charge is 0.243 e. The average molecular weight is 435 g/mol. The summed E-state index contributed by atoms with van der Waals surface area (Å²) in [5.41, 5.74) is 3.55. The summed E-state index contributed by atoms with van der Waals surface area (Å²) >= 11 is 0. The molecule has 2 aliphatic rings. The first kappa shape index (κ1) is 20.2. The molecule has 0 atom stereocenters. The molecule has 5 rings (SSSR count). The van der Waals surface area contributed by atoms with Gasteiger partial charge in [0.1, 0.15) is 0 Å². The lowest BCUT2D eigenvalue weighted by Gasteiger charge is -2.30. The van der Waals surface area contributed by atoms with Crippen LogP contribution in [0.2, 0.25) is 0 Å². The molecule has 0 radical (unpaired) electrons. The highest BCUT2D eigenvalue weighted by molar-refractivity contribution is 7.89. The lowest BCUT2D eigenvalue weighted by Crippen LogP contribution is -2.41. The molecule has 0 saturated carbocycles. The van der Waals surface area contributed by atoms with Crippen LogP contribution in [0.5, 0.6) is 0 Å². The quantitative estimate of drug-likeness (QED) is 0.663. The highest BCUT2D eigenvalue weighted by atomic mass is 32.2. The summed E-state index contributed by atoms with van der Waals surface area (Å²) in [7, 11) is -3.57. The fourth-order valence-corrected chi connectivity index (χ4v) is 6.23. The van der Waals surface area contributed by atoms with Gasteiger partial charge in [-0.1, -0.05) is 36.4 Å². The lowest BCUT2D eigenvalue weighted by atomic mass is 9.97. The first-order valence-corrected chi connectivity index (χ1v) is 12.4. The fraction of sp³-hybridized carbons (Fsp3) is 0.320. The van der Waals surface area contributed by atoms with E-state index in [0.29, 0.717) is 30.8 Å². The number of sulfonamides is 1. The zero-order chi connectivity index (χ0) is 21.4. The summed E-state index contributed by atoms with van der Waals surface area (Å²) in [6, 6.07) is 19.2. The van der Waals surface area contributed by atoms with E-state index in [1.807, 2.05) is 36.4 Å². The Kier molecular flexibility index (Phi) is 5.28. The molecule has 0 spiro atoms. The van der Waals surface area contributed by atoms with Gasteiger partial charge >= 0.3 is 0 Å². The Hall–Kier alpha value is -2.70. The van der Waals surface area contributed by atoms with Crippen LogP contribution in [-0.4, -0.2) is 31.7 Å². The second kappa shape index (κ2) is 8.09. The third kappa shape index (κ3) is 3.98. The van der Waals surface area contributed by atoms with Crippen LogP contribution in [0, 0.1) is 5.92 Å². The summed E-state index contributed by atoms with van der Waals surface area (Å²) in [5, 5.41) is 4.97. The first-order valence-electron chi connectivity index (χ1n) is 10.9. The number of piperidine rings is 1. The summed E-state index contributed by atoms with van der Waals surface area (Å²) in [5.74, 6) is -0.183. The summed E-state index contributed by atoms with van der Waals surface area (Å²) in [6.07, 6.45) is 4.43. The van der Waals surface area contributed by atoms with E-state index in [9.17, 15) is 13.2 Å². The van der Waals surface area contributed by atoms with Gasteiger partial charge in [0.25, 0.3) is 0 Å². The van der Waals surface area contributed by atoms with E-state index in [0.717, 1.165) is 29.3 Å². The van der Waals surface area contributed by atoms with Crippen LogP contribution in [0.1, 0.15) is 30.4 Å². The minimum atomic E-state index is -3.57. The van der Waals surface area contributed by atoms with Crippen LogP contribution in [-0.2, 0) is 27.7 Å². The van der Waals surface area contributed by atoms with E-state index in [1.54, 1.807) is 12.1 Å². The molecule has 6 heteroatoms. The highest BCUT2D eigenvalue weighted by Gasteiger charge is 2.32. The van der Waals surface area contributed by atoms with Crippen molar-refractivity contribution in [1.82, 2.24) is 4.31 Å². The largest absolute Gasteiger partial charge is 0.326 e. The molecular formula is C25H26N2O3S. The van der Waals surface area contributed by atoms with Crippen LogP contribution in [0.3, 0.4) is 0 Å². The summed E-state index contributed by atoms with van der Waals surface area (Å²) in [4.78, 5) is 13.1. The number of rotatable bonds is 4. The monoisotopic (exact) mass is 434 g/mol. The van der Waals surface area contributed by atoms with Crippen LogP contribution in [0.25, 0.3) is 10.8 Å². The zero-order valence-electron chi connectivity index (χ0n) is 17.4. The topological polar surface area (TPSA) is 66.5 Å². The number of hydrogen-bond donors (Lipinski definition) is 1. The number of aryl methyl sites for hydroxylation is 2. The number of carbonyl (C=O) groups excluding carboxylic acids is 1. The number of carbonyl (C=O) groups is 1. The molecule has 1 heterocycles. The number of fused-ring (bicyclic) bond motifs is 2. The van der Waals surface area contributed by atoms with Gasteiger partial charge in [-0.2, -0.15) is 4.31 Å². The molecule has 1 saturated heterocycles. The van der Waals surface area contributed by atoms with Crippen LogP contribution >= 0.6 is 0 Å². The molecule has 5 nitrogen and oxygen atoms in total. The summed E-state index contributed by atoms with van der Waals surface area (Å²) in [6.45, 7) is 0.717. The Bertz CT molecular complexity index is 1240. The van der Waals surface area contributed by atoms with Crippen molar-refractivity contribution in [3.8, 4) is 0 Å². The molecule has 1 fully saturated rings. The molecule has 1 N–H and O–H groups in total. The fourth-order valence-electron chi connectivity index (χ4n) is 4.73. The molecule has 3 aromatic carbocycles. The molecule has 0 aromatic heterocycles. The molecule has 0 bridgehead atoms. The number of hydrogen-bond acceptors (Lipinski definition) is 3. The van der Waals surface area contributed by atoms with Crippen molar-refractivity contribution >= 4 is 32.4 Å². The molecule has 3 aromatic rings. The van der Waals surface area contributed by atoms with Crippen LogP contribution in [0.4, 0.5) is 5.69 Å². The SMILES string of the molecule is O=C(Nc1ccc2c(c1)CCC2)C1CCN(S(=O)(=O)c2ccc3ccccc3c2)CC1. The normalized spacial score (nSPS) is 17.5. The van der Waals surface area contributed by atoms with Crippen LogP contribution < -0.4 is 5.32 Å². The Morgan fingerprint density at radius 1 is 0.871 bits per heavy atom. The van der Waals surface area contributed by atoms with Crippen molar-refractivity contribution in [3.05, 3.63) is 71.8 Å². The number of nitrogens with zero attached hydrogens (tertiary/aromatic N) is 1. The number of anilines is 1. The third-order valence-corrected chi connectivity index (χ3v) is 8.44. The predicted molar refractivity (Wildman–Crippen MR) is 123 cm³/mol. The second-order valence-corrected chi connectivity index (χ2v) is 10.5. The molecular weight excluding hydrogens is 408 g/mol. The van der Waals surface area contributed by atoms with E-state index in [2.05, 4.69) is 17.4 Å². The van der Waals surface area contributed by atoms with Gasteiger partial charge in [0.2, 0.25) is 15.9 Å². The Morgan fingerprint density at radius 3 is 2.42 bits per heavy atom. The highest BCUT2D eigenvalue weighted by Crippen LogP contribution is 2.28. The Labute approximate surface area is 183 Å². The van der Waals surface area contributed by atoms with Gasteiger partial charge in [-0.25, -0.2) is 8.42 Å². The Balaban J connectivity index is 1.24. The van der Waals surface area contributed by atoms with Gasteiger partial charge in [0.15, 0.2) is 0 Å². The molecule has 160 valence electrons. The molecule has 1 aliphatic carbocycles. The summed E-state index contributed by atoms with van der Waals surface area (Å²) < 4.78 is 27.8. The van der Waals surface area contributed by atoms with Crippen LogP contribution in [0.15, 0.2) is 65.6 Å². The van der Waals surface area contributed by atoms with Crippen molar-refractivity contribution in [2.45, 2.75) is 37.0 Å². The van der Waals surface area contributed by atoms with Gasteiger partial charge in [-0.15, -0.1) is 0 Å². The second-order valence-electron chi connectivity index (χ2n) is 8.51. The van der Waals surface area contributed by atoms with E-state index >= 15 is 0 Å². The standard InChI is InChI=1S/C25H26N2O3S/c28-25(26-23-10-8-19-6-3-7-21(19)16-23)20-12-14-27(15-13-20)31(29,30)24-11-9-18-4-1-2-5-22(18)17-24/h1-2,4-5,8-11,16-17,20H,3,6-7,12-15H2,(H,26,28). The van der Waals surface area contributed by atoms with Gasteiger partial charge in [-0.3, -0.25) is 4.79 Å². The van der Waals surface area contributed by atoms with E-state index in [1.165, 1.54) is 21.9 Å². The molecule has 1 aliphatic heterocycles. The molecule has 31 heavy (non-hydrogen) atoms. The van der Waals surface area contributed by atoms with E-state index in [4.69, 9.17) is 0 Å². The van der Waals surface area contributed by atoms with Crippen molar-refractivity contribution < 1.29 is 13.2 Å². The number of amides is 1. The van der Waals surface area contributed by atoms with Gasteiger partial charge in [-0.05, 0) is 78.3 Å². The van der Waals surface area contributed by atoms with Crippen molar-refractivity contribution in [2.24, 2.45) is 5.92 Å². The minimum Gasteiger partial charge on any atom is -0.326 e. The zero-order valence-corrected chi connectivity index (χ0v) is 18.2. The minimum absolute atomic E-state index is 0.0132. The molecule has 0 unspecified atom stereocenters. The van der Waals surface area contributed by atoms with Gasteiger partial charge < -0.3 is 5.32 Å². The van der Waals surface area contributed by atoms with Crippen molar-refractivity contribution in [3.63, 3.8) is 0 Å². The van der Waals surface area contributed by atoms with Crippen molar-refractivity contribution in [2.75, 3.05) is 18.4 Å². The van der Waals surface area contributed by atoms with Gasteiger partial charge in [0.05, 0.1) is 4.90 Å². The molecule has 1 amide bonds. The lowest BCUT2D eigenvalue weighted by molar-refractivity contribution is -0.120. The van der Waals surface area contributed by atoms with E-state index in [-0.39, 0.29) is 11.8 Å². The maximum absolute atomic E-state index is 13.1. The maximum atomic E-state index is 13.1. The van der Waals surface area contributed by atoms with E-state index < -0.39 is 10.0 Å². The van der Waals surface area contributed by atoms with Crippen molar-refractivity contribution in [1.29, 1.82) is 0 Å². The average Bonchev–Trinajstić information content (AvgIpc) is 3.27. The van der Waals surface area contributed by atoms with Gasteiger partial charge in [0, 0.05) is 24.7 Å².